The minimum Gasteiger partial charge on any atom is -0.464 e. The Morgan fingerprint density at radius 2 is 1.92 bits per heavy atom. The van der Waals surface area contributed by atoms with Crippen molar-refractivity contribution in [2.24, 2.45) is 11.7 Å². The molecule has 2 unspecified atom stereocenters. The number of hydrogen-bond donors (Lipinski definition) is 2. The number of furan rings is 1. The van der Waals surface area contributed by atoms with Crippen molar-refractivity contribution in [1.29, 1.82) is 0 Å². The molecule has 0 saturated carbocycles. The average Bonchev–Trinajstić information content (AvgIpc) is 2.97. The summed E-state index contributed by atoms with van der Waals surface area (Å²) in [6.45, 7) is 6.11. The lowest BCUT2D eigenvalue weighted by Gasteiger charge is -2.26. The molecule has 5 nitrogen and oxygen atoms in total. The van der Waals surface area contributed by atoms with Gasteiger partial charge < -0.3 is 15.5 Å². The van der Waals surface area contributed by atoms with Gasteiger partial charge in [0.25, 0.3) is 0 Å². The van der Waals surface area contributed by atoms with Crippen LogP contribution in [0.4, 0.5) is 0 Å². The SMILES string of the molecule is Cc1cc(C)c2c(CC(=O)NC3CC=CCC3C(N)=O)coc2c1C. The minimum atomic E-state index is -0.370. The van der Waals surface area contributed by atoms with Crippen LogP contribution in [0.25, 0.3) is 11.0 Å². The molecule has 132 valence electrons. The van der Waals surface area contributed by atoms with Crippen LogP contribution in [0.1, 0.15) is 35.1 Å². The molecular weight excluding hydrogens is 316 g/mol. The molecule has 1 aromatic heterocycles. The highest BCUT2D eigenvalue weighted by Crippen LogP contribution is 2.30. The summed E-state index contributed by atoms with van der Waals surface area (Å²) in [6.07, 6.45) is 7.01. The minimum absolute atomic E-state index is 0.119. The molecular formula is C20H24N2O3. The number of nitrogens with one attached hydrogen (secondary N) is 1. The lowest BCUT2D eigenvalue weighted by atomic mass is 9.88. The van der Waals surface area contributed by atoms with E-state index in [0.717, 1.165) is 27.7 Å². The third-order valence-electron chi connectivity index (χ3n) is 5.12. The van der Waals surface area contributed by atoms with Crippen molar-refractivity contribution in [1.82, 2.24) is 5.32 Å². The molecule has 2 atom stereocenters. The number of primary amides is 1. The molecule has 0 bridgehead atoms. The van der Waals surface area contributed by atoms with Crippen molar-refractivity contribution >= 4 is 22.8 Å². The Morgan fingerprint density at radius 3 is 2.64 bits per heavy atom. The van der Waals surface area contributed by atoms with E-state index in [9.17, 15) is 9.59 Å². The van der Waals surface area contributed by atoms with E-state index in [1.165, 1.54) is 5.56 Å². The molecule has 3 N–H and O–H groups in total. The van der Waals surface area contributed by atoms with Gasteiger partial charge in [-0.15, -0.1) is 0 Å². The Labute approximate surface area is 147 Å². The maximum absolute atomic E-state index is 12.5. The van der Waals surface area contributed by atoms with E-state index in [2.05, 4.69) is 18.3 Å². The molecule has 0 aliphatic heterocycles. The van der Waals surface area contributed by atoms with Gasteiger partial charge in [0.15, 0.2) is 0 Å². The molecule has 5 heteroatoms. The number of benzene rings is 1. The number of hydrogen-bond acceptors (Lipinski definition) is 3. The number of amides is 2. The van der Waals surface area contributed by atoms with Gasteiger partial charge in [-0.1, -0.05) is 18.2 Å². The highest BCUT2D eigenvalue weighted by atomic mass is 16.3. The maximum Gasteiger partial charge on any atom is 0.224 e. The molecule has 0 saturated heterocycles. The molecule has 2 aromatic rings. The summed E-state index contributed by atoms with van der Waals surface area (Å²) in [5.41, 5.74) is 10.5. The third-order valence-corrected chi connectivity index (χ3v) is 5.12. The van der Waals surface area contributed by atoms with Gasteiger partial charge in [0.2, 0.25) is 11.8 Å². The van der Waals surface area contributed by atoms with E-state index < -0.39 is 0 Å². The zero-order valence-corrected chi connectivity index (χ0v) is 14.9. The van der Waals surface area contributed by atoms with Gasteiger partial charge >= 0.3 is 0 Å². The summed E-state index contributed by atoms with van der Waals surface area (Å²) in [4.78, 5) is 24.1. The summed E-state index contributed by atoms with van der Waals surface area (Å²) in [5.74, 6) is -0.834. The second-order valence-electron chi connectivity index (χ2n) is 6.90. The van der Waals surface area contributed by atoms with Crippen molar-refractivity contribution < 1.29 is 14.0 Å². The normalized spacial score (nSPS) is 20.0. The number of fused-ring (bicyclic) bond motifs is 1. The van der Waals surface area contributed by atoms with Crippen molar-refractivity contribution in [3.05, 3.63) is 46.7 Å². The van der Waals surface area contributed by atoms with Crippen LogP contribution in [0.5, 0.6) is 0 Å². The standard InChI is InChI=1S/C20H24N2O3/c1-11-8-12(2)18-14(10-25-19(18)13(11)3)9-17(23)22-16-7-5-4-6-15(16)20(21)24/h4-5,8,10,15-16H,6-7,9H2,1-3H3,(H2,21,24)(H,22,23). The molecule has 1 aliphatic rings. The Hall–Kier alpha value is -2.56. The van der Waals surface area contributed by atoms with Crippen molar-refractivity contribution in [2.75, 3.05) is 0 Å². The number of nitrogens with two attached hydrogens (primary N) is 1. The fourth-order valence-corrected chi connectivity index (χ4v) is 3.64. The average molecular weight is 340 g/mol. The summed E-state index contributed by atoms with van der Waals surface area (Å²) < 4.78 is 5.73. The van der Waals surface area contributed by atoms with E-state index in [-0.39, 0.29) is 30.2 Å². The van der Waals surface area contributed by atoms with E-state index in [0.29, 0.717) is 12.8 Å². The third kappa shape index (κ3) is 3.31. The van der Waals surface area contributed by atoms with Crippen LogP contribution in [0.3, 0.4) is 0 Å². The van der Waals surface area contributed by atoms with Gasteiger partial charge in [-0.3, -0.25) is 9.59 Å². The van der Waals surface area contributed by atoms with E-state index in [4.69, 9.17) is 10.2 Å². The number of rotatable bonds is 4. The summed E-state index contributed by atoms with van der Waals surface area (Å²) >= 11 is 0. The Kier molecular flexibility index (Phi) is 4.66. The highest BCUT2D eigenvalue weighted by Gasteiger charge is 2.28. The highest BCUT2D eigenvalue weighted by molar-refractivity contribution is 5.92. The lowest BCUT2D eigenvalue weighted by Crippen LogP contribution is -2.46. The van der Waals surface area contributed by atoms with Crippen LogP contribution in [0.2, 0.25) is 0 Å². The van der Waals surface area contributed by atoms with Crippen LogP contribution < -0.4 is 11.1 Å². The van der Waals surface area contributed by atoms with Crippen LogP contribution in [-0.4, -0.2) is 17.9 Å². The topological polar surface area (TPSA) is 85.3 Å². The summed E-state index contributed by atoms with van der Waals surface area (Å²) in [5, 5.41) is 3.97. The molecule has 0 radical (unpaired) electrons. The van der Waals surface area contributed by atoms with Gasteiger partial charge in [-0.2, -0.15) is 0 Å². The van der Waals surface area contributed by atoms with Crippen molar-refractivity contribution in [3.63, 3.8) is 0 Å². The number of carbonyl (C=O) groups excluding carboxylic acids is 2. The predicted molar refractivity (Wildman–Crippen MR) is 97.1 cm³/mol. The fraction of sp³-hybridized carbons (Fsp3) is 0.400. The zero-order chi connectivity index (χ0) is 18.1. The van der Waals surface area contributed by atoms with Crippen LogP contribution >= 0.6 is 0 Å². The number of aryl methyl sites for hydroxylation is 3. The Bertz CT molecular complexity index is 863. The molecule has 3 rings (SSSR count). The summed E-state index contributed by atoms with van der Waals surface area (Å²) in [7, 11) is 0. The molecule has 0 spiro atoms. The molecule has 2 amide bonds. The molecule has 25 heavy (non-hydrogen) atoms. The Balaban J connectivity index is 1.80. The van der Waals surface area contributed by atoms with E-state index in [1.54, 1.807) is 6.26 Å². The van der Waals surface area contributed by atoms with Crippen molar-refractivity contribution in [3.8, 4) is 0 Å². The van der Waals surface area contributed by atoms with Gasteiger partial charge in [0, 0.05) is 17.0 Å². The first-order valence-electron chi connectivity index (χ1n) is 8.59. The smallest absolute Gasteiger partial charge is 0.224 e. The maximum atomic E-state index is 12.5. The second kappa shape index (κ2) is 6.75. The first-order valence-corrected chi connectivity index (χ1v) is 8.59. The molecule has 1 aromatic carbocycles. The van der Waals surface area contributed by atoms with Crippen molar-refractivity contribution in [2.45, 2.75) is 46.1 Å². The Morgan fingerprint density at radius 1 is 1.20 bits per heavy atom. The van der Waals surface area contributed by atoms with Crippen LogP contribution in [0.15, 0.2) is 28.9 Å². The first-order chi connectivity index (χ1) is 11.9. The van der Waals surface area contributed by atoms with Gasteiger partial charge in [-0.25, -0.2) is 0 Å². The lowest BCUT2D eigenvalue weighted by molar-refractivity contribution is -0.124. The summed E-state index contributed by atoms with van der Waals surface area (Å²) in [6, 6.07) is 1.88. The monoisotopic (exact) mass is 340 g/mol. The van der Waals surface area contributed by atoms with Gasteiger partial charge in [0.05, 0.1) is 18.6 Å². The fourth-order valence-electron chi connectivity index (χ4n) is 3.64. The number of allylic oxidation sites excluding steroid dienone is 1. The predicted octanol–water partition coefficient (Wildman–Crippen LogP) is 2.84. The zero-order valence-electron chi connectivity index (χ0n) is 14.9. The molecule has 0 fully saturated rings. The van der Waals surface area contributed by atoms with E-state index >= 15 is 0 Å². The van der Waals surface area contributed by atoms with Crippen LogP contribution in [-0.2, 0) is 16.0 Å². The molecule has 1 aliphatic carbocycles. The quantitative estimate of drug-likeness (QED) is 0.839. The second-order valence-corrected chi connectivity index (χ2v) is 6.90. The molecule has 1 heterocycles. The van der Waals surface area contributed by atoms with Gasteiger partial charge in [-0.05, 0) is 50.3 Å². The van der Waals surface area contributed by atoms with E-state index in [1.807, 2.05) is 26.0 Å². The van der Waals surface area contributed by atoms with Gasteiger partial charge in [0.1, 0.15) is 5.58 Å². The number of carbonyl (C=O) groups is 2. The largest absolute Gasteiger partial charge is 0.464 e. The first kappa shape index (κ1) is 17.3. The van der Waals surface area contributed by atoms with Crippen LogP contribution in [0, 0.1) is 26.7 Å².